The van der Waals surface area contributed by atoms with Gasteiger partial charge in [-0.1, -0.05) is 13.8 Å². The van der Waals surface area contributed by atoms with Crippen molar-refractivity contribution in [2.75, 3.05) is 59.5 Å². The first-order valence-electron chi connectivity index (χ1n) is 9.77. The van der Waals surface area contributed by atoms with Gasteiger partial charge in [0, 0.05) is 39.3 Å². The van der Waals surface area contributed by atoms with E-state index in [9.17, 15) is 18.0 Å². The van der Waals surface area contributed by atoms with Crippen LogP contribution in [0.4, 0.5) is 13.2 Å². The smallest absolute Gasteiger partial charge is 0.379 e. The Hall–Kier alpha value is -1.55. The molecule has 1 rings (SSSR count). The van der Waals surface area contributed by atoms with E-state index >= 15 is 0 Å². The summed E-state index contributed by atoms with van der Waals surface area (Å²) in [5.41, 5.74) is 0. The summed E-state index contributed by atoms with van der Waals surface area (Å²) in [6.45, 7) is 8.99. The van der Waals surface area contributed by atoms with Crippen molar-refractivity contribution in [1.82, 2.24) is 20.4 Å². The number of ether oxygens (including phenoxy) is 1. The van der Waals surface area contributed by atoms with Crippen molar-refractivity contribution >= 4 is 11.9 Å². The number of halogens is 3. The lowest BCUT2D eigenvalue weighted by molar-refractivity contribution is -0.157. The minimum Gasteiger partial charge on any atom is -0.379 e. The number of alkyl halides is 3. The predicted octanol–water partition coefficient (Wildman–Crippen LogP) is 1.31. The maximum atomic E-state index is 12.4. The second kappa shape index (κ2) is 12.1. The highest BCUT2D eigenvalue weighted by Gasteiger charge is 2.31. The first-order chi connectivity index (χ1) is 13.1. The summed E-state index contributed by atoms with van der Waals surface area (Å²) in [6.07, 6.45) is -3.42. The van der Waals surface area contributed by atoms with Crippen LogP contribution in [0.15, 0.2) is 4.99 Å². The molecule has 1 saturated heterocycles. The molecule has 0 aromatic carbocycles. The highest BCUT2D eigenvalue weighted by Crippen LogP contribution is 2.15. The fourth-order valence-electron chi connectivity index (χ4n) is 3.03. The average Bonchev–Trinajstić information content (AvgIpc) is 2.61. The fraction of sp³-hybridized carbons (Fsp3) is 0.889. The predicted molar refractivity (Wildman–Crippen MR) is 103 cm³/mol. The SMILES string of the molecule is CCNC(=NCC(=O)N(C)CC(F)(F)F)NCC(CC(C)C)N1CCOCC1. The van der Waals surface area contributed by atoms with Gasteiger partial charge in [0.2, 0.25) is 5.91 Å². The molecule has 1 atom stereocenters. The van der Waals surface area contributed by atoms with Crippen molar-refractivity contribution in [3.63, 3.8) is 0 Å². The van der Waals surface area contributed by atoms with E-state index < -0.39 is 18.6 Å². The van der Waals surface area contributed by atoms with Gasteiger partial charge in [-0.25, -0.2) is 4.99 Å². The van der Waals surface area contributed by atoms with E-state index in [1.807, 2.05) is 6.92 Å². The second-order valence-electron chi connectivity index (χ2n) is 7.37. The Balaban J connectivity index is 2.64. The van der Waals surface area contributed by atoms with Gasteiger partial charge in [0.05, 0.1) is 13.2 Å². The van der Waals surface area contributed by atoms with Gasteiger partial charge in [-0.05, 0) is 19.3 Å². The fourth-order valence-corrected chi connectivity index (χ4v) is 3.03. The zero-order valence-corrected chi connectivity index (χ0v) is 17.3. The van der Waals surface area contributed by atoms with E-state index in [-0.39, 0.29) is 12.6 Å². The Bertz CT molecular complexity index is 494. The first kappa shape index (κ1) is 24.5. The first-order valence-corrected chi connectivity index (χ1v) is 9.77. The number of morpholine rings is 1. The van der Waals surface area contributed by atoms with Crippen molar-refractivity contribution in [1.29, 1.82) is 0 Å². The second-order valence-corrected chi connectivity index (χ2v) is 7.37. The zero-order chi connectivity index (χ0) is 21.2. The van der Waals surface area contributed by atoms with Crippen LogP contribution in [0.1, 0.15) is 27.2 Å². The van der Waals surface area contributed by atoms with Gasteiger partial charge < -0.3 is 20.3 Å². The molecule has 0 aliphatic carbocycles. The molecule has 0 radical (unpaired) electrons. The molecule has 0 spiro atoms. The van der Waals surface area contributed by atoms with E-state index in [0.29, 0.717) is 43.1 Å². The summed E-state index contributed by atoms with van der Waals surface area (Å²) in [6, 6.07) is 0.288. The Kier molecular flexibility index (Phi) is 10.6. The van der Waals surface area contributed by atoms with Gasteiger partial charge >= 0.3 is 6.18 Å². The third-order valence-electron chi connectivity index (χ3n) is 4.37. The molecule has 0 aromatic rings. The van der Waals surface area contributed by atoms with Crippen LogP contribution in [0.5, 0.6) is 0 Å². The average molecular weight is 409 g/mol. The van der Waals surface area contributed by atoms with Crippen molar-refractivity contribution in [3.05, 3.63) is 0 Å². The summed E-state index contributed by atoms with van der Waals surface area (Å²) in [5, 5.41) is 6.27. The van der Waals surface area contributed by atoms with Gasteiger partial charge in [0.1, 0.15) is 13.1 Å². The molecule has 1 unspecified atom stereocenters. The number of nitrogens with one attached hydrogen (secondary N) is 2. The highest BCUT2D eigenvalue weighted by molar-refractivity contribution is 5.84. The molecule has 164 valence electrons. The van der Waals surface area contributed by atoms with Crippen molar-refractivity contribution in [2.45, 2.75) is 39.4 Å². The topological polar surface area (TPSA) is 69.2 Å². The lowest BCUT2D eigenvalue weighted by atomic mass is 10.0. The normalized spacial score (nSPS) is 17.5. The number of hydrogen-bond acceptors (Lipinski definition) is 4. The molecular formula is C18H34F3N5O2. The molecule has 0 saturated carbocycles. The molecule has 7 nitrogen and oxygen atoms in total. The monoisotopic (exact) mass is 409 g/mol. The number of carbonyl (C=O) groups excluding carboxylic acids is 1. The van der Waals surface area contributed by atoms with Gasteiger partial charge in [0.15, 0.2) is 5.96 Å². The van der Waals surface area contributed by atoms with Gasteiger partial charge in [0.25, 0.3) is 0 Å². The number of carbonyl (C=O) groups is 1. The summed E-state index contributed by atoms with van der Waals surface area (Å²) in [4.78, 5) is 19.1. The quantitative estimate of drug-likeness (QED) is 0.444. The molecule has 28 heavy (non-hydrogen) atoms. The van der Waals surface area contributed by atoms with Crippen LogP contribution in [-0.4, -0.2) is 93.4 Å². The zero-order valence-electron chi connectivity index (χ0n) is 17.3. The van der Waals surface area contributed by atoms with Crippen molar-refractivity contribution in [3.8, 4) is 0 Å². The minimum absolute atomic E-state index is 0.288. The van der Waals surface area contributed by atoms with E-state index in [0.717, 1.165) is 26.6 Å². The van der Waals surface area contributed by atoms with E-state index in [4.69, 9.17) is 4.74 Å². The minimum atomic E-state index is -4.42. The molecule has 1 fully saturated rings. The number of hydrogen-bond donors (Lipinski definition) is 2. The number of guanidine groups is 1. The number of likely N-dealkylation sites (N-methyl/N-ethyl adjacent to an activating group) is 1. The highest BCUT2D eigenvalue weighted by atomic mass is 19.4. The summed E-state index contributed by atoms with van der Waals surface area (Å²) in [7, 11) is 1.13. The Morgan fingerprint density at radius 2 is 1.89 bits per heavy atom. The maximum absolute atomic E-state index is 12.4. The standard InChI is InChI=1S/C18H34F3N5O2/c1-5-22-17(24-12-16(27)25(4)13-18(19,20)21)23-11-15(10-14(2)3)26-6-8-28-9-7-26/h14-15H,5-13H2,1-4H3,(H2,22,23,24). The third-order valence-corrected chi connectivity index (χ3v) is 4.37. The number of amides is 1. The van der Waals surface area contributed by atoms with Crippen LogP contribution in [0.3, 0.4) is 0 Å². The molecular weight excluding hydrogens is 375 g/mol. The van der Waals surface area contributed by atoms with Crippen LogP contribution < -0.4 is 10.6 Å². The van der Waals surface area contributed by atoms with Crippen molar-refractivity contribution < 1.29 is 22.7 Å². The van der Waals surface area contributed by atoms with Crippen LogP contribution >= 0.6 is 0 Å². The summed E-state index contributed by atoms with van der Waals surface area (Å²) < 4.78 is 42.6. The molecule has 1 aliphatic rings. The molecule has 2 N–H and O–H groups in total. The lowest BCUT2D eigenvalue weighted by Crippen LogP contribution is -2.51. The third kappa shape index (κ3) is 10.1. The lowest BCUT2D eigenvalue weighted by Gasteiger charge is -2.35. The van der Waals surface area contributed by atoms with Crippen LogP contribution in [-0.2, 0) is 9.53 Å². The van der Waals surface area contributed by atoms with Gasteiger partial charge in [-0.2, -0.15) is 13.2 Å². The number of nitrogens with zero attached hydrogens (tertiary/aromatic N) is 3. The number of rotatable bonds is 9. The molecule has 10 heteroatoms. The summed E-state index contributed by atoms with van der Waals surface area (Å²) >= 11 is 0. The molecule has 1 heterocycles. The van der Waals surface area contributed by atoms with E-state index in [1.54, 1.807) is 0 Å². The Labute approximate surface area is 165 Å². The largest absolute Gasteiger partial charge is 0.406 e. The maximum Gasteiger partial charge on any atom is 0.406 e. The molecule has 0 aromatic heterocycles. The molecule has 1 aliphatic heterocycles. The molecule has 1 amide bonds. The van der Waals surface area contributed by atoms with Crippen molar-refractivity contribution in [2.24, 2.45) is 10.9 Å². The van der Waals surface area contributed by atoms with Crippen LogP contribution in [0.2, 0.25) is 0 Å². The molecule has 0 bridgehead atoms. The van der Waals surface area contributed by atoms with E-state index in [1.165, 1.54) is 0 Å². The van der Waals surface area contributed by atoms with Gasteiger partial charge in [-0.15, -0.1) is 0 Å². The number of aliphatic imine (C=N–C) groups is 1. The van der Waals surface area contributed by atoms with Crippen LogP contribution in [0, 0.1) is 5.92 Å². The van der Waals surface area contributed by atoms with Gasteiger partial charge in [-0.3, -0.25) is 9.69 Å². The summed E-state index contributed by atoms with van der Waals surface area (Å²) in [5.74, 6) is 0.270. The Morgan fingerprint density at radius 1 is 1.25 bits per heavy atom. The Morgan fingerprint density at radius 3 is 2.43 bits per heavy atom. The van der Waals surface area contributed by atoms with Crippen LogP contribution in [0.25, 0.3) is 0 Å². The van der Waals surface area contributed by atoms with E-state index in [2.05, 4.69) is 34.4 Å².